The lowest BCUT2D eigenvalue weighted by atomic mass is 9.85. The second-order valence-corrected chi connectivity index (χ2v) is 17.5. The molecule has 0 aromatic carbocycles. The summed E-state index contributed by atoms with van der Waals surface area (Å²) in [6, 6.07) is 0. The van der Waals surface area contributed by atoms with Crippen molar-refractivity contribution in [3.05, 3.63) is 97.2 Å². The van der Waals surface area contributed by atoms with Crippen molar-refractivity contribution in [3.63, 3.8) is 0 Å². The fourth-order valence-corrected chi connectivity index (χ4v) is 7.28. The first-order valence-electron chi connectivity index (χ1n) is 23.4. The molecule has 1 rings (SSSR count). The highest BCUT2D eigenvalue weighted by atomic mass is 31.2. The molecule has 0 aliphatic heterocycles. The summed E-state index contributed by atoms with van der Waals surface area (Å²) in [5.41, 5.74) is 0. The number of hydrogen-bond acceptors (Lipinski definition) is 15. The molecule has 17 heteroatoms. The van der Waals surface area contributed by atoms with Gasteiger partial charge in [0.15, 0.2) is 6.10 Å². The highest BCUT2D eigenvalue weighted by Crippen LogP contribution is 2.47. The van der Waals surface area contributed by atoms with Crippen LogP contribution < -0.4 is 0 Å². The zero-order valence-electron chi connectivity index (χ0n) is 38.8. The van der Waals surface area contributed by atoms with Crippen molar-refractivity contribution in [2.75, 3.05) is 13.2 Å². The van der Waals surface area contributed by atoms with E-state index in [1.807, 2.05) is 12.2 Å². The molecule has 1 saturated carbocycles. The Morgan fingerprint density at radius 2 is 1.08 bits per heavy atom. The number of unbranched alkanes of at least 4 members (excludes halogenated alkanes) is 6. The maximum Gasteiger partial charge on any atom is 0.472 e. The van der Waals surface area contributed by atoms with Gasteiger partial charge in [-0.3, -0.25) is 18.6 Å². The van der Waals surface area contributed by atoms with Crippen LogP contribution in [0.3, 0.4) is 0 Å². The van der Waals surface area contributed by atoms with Crippen LogP contribution in [-0.2, 0) is 32.7 Å². The first-order valence-corrected chi connectivity index (χ1v) is 24.9. The Kier molecular flexibility index (Phi) is 34.6. The third-order valence-electron chi connectivity index (χ3n) is 10.3. The van der Waals surface area contributed by atoms with E-state index in [9.17, 15) is 59.9 Å². The number of aliphatic hydroxyl groups is 8. The highest BCUT2D eigenvalue weighted by molar-refractivity contribution is 7.47. The number of carbonyl (C=O) groups excluding carboxylic acids is 2. The molecule has 0 bridgehead atoms. The number of aliphatic hydroxyl groups excluding tert-OH is 8. The number of carbonyl (C=O) groups is 2. The topological polar surface area (TPSA) is 270 Å². The van der Waals surface area contributed by atoms with Crippen molar-refractivity contribution >= 4 is 19.8 Å². The van der Waals surface area contributed by atoms with Gasteiger partial charge in [-0.15, -0.1) is 0 Å². The largest absolute Gasteiger partial charge is 0.472 e. The van der Waals surface area contributed by atoms with Crippen molar-refractivity contribution in [1.29, 1.82) is 0 Å². The van der Waals surface area contributed by atoms with E-state index in [0.29, 0.717) is 19.3 Å². The monoisotopic (exact) mass is 955 g/mol. The van der Waals surface area contributed by atoms with Crippen molar-refractivity contribution in [2.45, 2.75) is 184 Å². The average Bonchev–Trinajstić information content (AvgIpc) is 3.29. The normalized spacial score (nSPS) is 23.6. The summed E-state index contributed by atoms with van der Waals surface area (Å²) in [5.74, 6) is -1.51. The minimum Gasteiger partial charge on any atom is -0.462 e. The molecular formula is C49H79O16P. The summed E-state index contributed by atoms with van der Waals surface area (Å²) < 4.78 is 33.2. The molecule has 0 aromatic rings. The Bertz CT molecular complexity index is 1570. The minimum atomic E-state index is -5.24. The second kappa shape index (κ2) is 37.6. The van der Waals surface area contributed by atoms with Gasteiger partial charge in [0, 0.05) is 12.8 Å². The summed E-state index contributed by atoms with van der Waals surface area (Å²) >= 11 is 0. The van der Waals surface area contributed by atoms with Crippen LogP contribution in [0.5, 0.6) is 0 Å². The molecule has 11 atom stereocenters. The molecule has 0 saturated heterocycles. The lowest BCUT2D eigenvalue weighted by Gasteiger charge is -2.41. The van der Waals surface area contributed by atoms with Gasteiger partial charge in [0.25, 0.3) is 0 Å². The third-order valence-corrected chi connectivity index (χ3v) is 11.2. The second-order valence-electron chi connectivity index (χ2n) is 16.1. The van der Waals surface area contributed by atoms with Crippen LogP contribution in [0.25, 0.3) is 0 Å². The fraction of sp³-hybridized carbons (Fsp3) is 0.633. The van der Waals surface area contributed by atoms with E-state index in [-0.39, 0.29) is 25.7 Å². The number of esters is 2. The van der Waals surface area contributed by atoms with Gasteiger partial charge in [0.1, 0.15) is 43.2 Å². The zero-order chi connectivity index (χ0) is 49.0. The molecule has 376 valence electrons. The van der Waals surface area contributed by atoms with Crippen LogP contribution in [0.2, 0.25) is 0 Å². The van der Waals surface area contributed by atoms with Crippen LogP contribution in [0.4, 0.5) is 0 Å². The molecule has 0 spiro atoms. The first kappa shape index (κ1) is 60.7. The summed E-state index contributed by atoms with van der Waals surface area (Å²) in [6.45, 7) is 2.81. The lowest BCUT2D eigenvalue weighted by Crippen LogP contribution is -2.64. The van der Waals surface area contributed by atoms with Crippen LogP contribution in [-0.4, -0.2) is 132 Å². The van der Waals surface area contributed by atoms with Gasteiger partial charge < -0.3 is 55.2 Å². The van der Waals surface area contributed by atoms with Gasteiger partial charge in [0.05, 0.1) is 24.9 Å². The van der Waals surface area contributed by atoms with E-state index in [0.717, 1.165) is 44.9 Å². The maximum absolute atomic E-state index is 12.8. The number of phosphoric ester groups is 1. The van der Waals surface area contributed by atoms with Gasteiger partial charge in [-0.25, -0.2) is 4.57 Å². The summed E-state index contributed by atoms with van der Waals surface area (Å²) in [6.07, 6.45) is 25.2. The van der Waals surface area contributed by atoms with Gasteiger partial charge in [0.2, 0.25) is 0 Å². The van der Waals surface area contributed by atoms with Crippen LogP contribution in [0.15, 0.2) is 97.2 Å². The molecule has 1 fully saturated rings. The van der Waals surface area contributed by atoms with Crippen molar-refractivity contribution in [3.8, 4) is 0 Å². The zero-order valence-corrected chi connectivity index (χ0v) is 39.7. The molecule has 0 aromatic heterocycles. The fourth-order valence-electron chi connectivity index (χ4n) is 6.31. The van der Waals surface area contributed by atoms with Gasteiger partial charge in [-0.05, 0) is 64.2 Å². The Balaban J connectivity index is 2.67. The molecular weight excluding hydrogens is 875 g/mol. The standard InChI is InChI=1S/C49H79O16P/c1-3-5-7-8-9-10-11-12-13-14-15-16-17-18-19-24-28-34-42(53)62-36-39(37-63-66(60,61)65-49-47(58)45(56)44(55)46(57)48(49)59)64-43(54)35-29-33-41(52)40(51)32-27-23-21-20-22-26-31-38(50)30-25-6-4-2/h9-10,12-13,15-16,18-23,26-27,31-32,38-41,44-52,55-59H,3-8,11,14,17,24-25,28-30,33-37H2,1-2H3,(H,60,61)/b10-9-,13-12-,16-15-,19-18-,22-20-,23-21+,31-26+,32-27+/t38-,39+,40-,41-,44?,45-,46+,47+,48+,49?/m0/s1. The van der Waals surface area contributed by atoms with Gasteiger partial charge in [-0.1, -0.05) is 143 Å². The SMILES string of the molecule is CCCCC/C=C\C/C=C\C/C=C\C/C=C\CCCC(=O)OC[C@H](COP(=O)(O)OC1[C@H](O)[C@H](O)C(O)[C@H](O)[C@H]1O)OC(=O)CCC[C@H](O)[C@@H](O)/C=C/C=C/C=C\C=C\[C@@H](O)CCCCC. The van der Waals surface area contributed by atoms with E-state index >= 15 is 0 Å². The molecule has 1 aliphatic carbocycles. The lowest BCUT2D eigenvalue weighted by molar-refractivity contribution is -0.220. The molecule has 1 aliphatic rings. The summed E-state index contributed by atoms with van der Waals surface area (Å²) in [4.78, 5) is 35.7. The molecule has 0 amide bonds. The van der Waals surface area contributed by atoms with Crippen LogP contribution in [0.1, 0.15) is 123 Å². The number of allylic oxidation sites excluding steroid dienone is 14. The third kappa shape index (κ3) is 29.4. The number of ether oxygens (including phenoxy) is 2. The Labute approximate surface area is 391 Å². The van der Waals surface area contributed by atoms with E-state index in [1.165, 1.54) is 25.3 Å². The molecule has 0 heterocycles. The number of rotatable bonds is 36. The highest BCUT2D eigenvalue weighted by Gasteiger charge is 2.51. The van der Waals surface area contributed by atoms with Crippen molar-refractivity contribution in [2.24, 2.45) is 0 Å². The van der Waals surface area contributed by atoms with E-state index < -0.39 is 94.0 Å². The summed E-state index contributed by atoms with van der Waals surface area (Å²) in [7, 11) is -5.24. The predicted octanol–water partition coefficient (Wildman–Crippen LogP) is 5.97. The van der Waals surface area contributed by atoms with Crippen molar-refractivity contribution < 1.29 is 78.4 Å². The van der Waals surface area contributed by atoms with E-state index in [2.05, 4.69) is 50.3 Å². The molecule has 3 unspecified atom stereocenters. The maximum atomic E-state index is 12.8. The smallest absolute Gasteiger partial charge is 0.462 e. The molecule has 0 radical (unpaired) electrons. The number of hydrogen-bond donors (Lipinski definition) is 9. The quantitative estimate of drug-likeness (QED) is 0.0115. The van der Waals surface area contributed by atoms with Crippen LogP contribution in [0, 0.1) is 0 Å². The first-order chi connectivity index (χ1) is 31.6. The Morgan fingerprint density at radius 1 is 0.576 bits per heavy atom. The van der Waals surface area contributed by atoms with Crippen LogP contribution >= 0.6 is 7.82 Å². The molecule has 9 N–H and O–H groups in total. The van der Waals surface area contributed by atoms with Crippen molar-refractivity contribution in [1.82, 2.24) is 0 Å². The van der Waals surface area contributed by atoms with Gasteiger partial charge in [-0.2, -0.15) is 0 Å². The van der Waals surface area contributed by atoms with Gasteiger partial charge >= 0.3 is 19.8 Å². The van der Waals surface area contributed by atoms with E-state index in [1.54, 1.807) is 42.5 Å². The Morgan fingerprint density at radius 3 is 1.67 bits per heavy atom. The summed E-state index contributed by atoms with van der Waals surface area (Å²) in [5, 5.41) is 80.8. The van der Waals surface area contributed by atoms with E-state index in [4.69, 9.17) is 18.5 Å². The number of phosphoric acid groups is 1. The molecule has 66 heavy (non-hydrogen) atoms. The molecule has 16 nitrogen and oxygen atoms in total. The average molecular weight is 955 g/mol. The Hall–Kier alpha value is -3.35. The minimum absolute atomic E-state index is 0.0106. The predicted molar refractivity (Wildman–Crippen MR) is 253 cm³/mol.